The third-order valence-electron chi connectivity index (χ3n) is 4.16. The Morgan fingerprint density at radius 3 is 2.75 bits per heavy atom. The maximum atomic E-state index is 14.1. The van der Waals surface area contributed by atoms with Crippen molar-refractivity contribution in [1.29, 1.82) is 5.53 Å². The molecule has 0 fully saturated rings. The molecule has 0 saturated carbocycles. The predicted molar refractivity (Wildman–Crippen MR) is 106 cm³/mol. The fraction of sp³-hybridized carbons (Fsp3) is 0.200. The van der Waals surface area contributed by atoms with Crippen molar-refractivity contribution in [3.8, 4) is 0 Å². The number of benzene rings is 1. The molecule has 8 heteroatoms. The average Bonchev–Trinajstić information content (AvgIpc) is 2.65. The van der Waals surface area contributed by atoms with Crippen molar-refractivity contribution in [1.82, 2.24) is 15.3 Å². The van der Waals surface area contributed by atoms with Gasteiger partial charge in [-0.3, -0.25) is 4.98 Å². The van der Waals surface area contributed by atoms with E-state index in [0.717, 1.165) is 0 Å². The van der Waals surface area contributed by atoms with E-state index in [1.54, 1.807) is 44.3 Å². The molecular formula is C20H21FN6O. The number of hydrogen-bond donors (Lipinski definition) is 4. The van der Waals surface area contributed by atoms with Crippen LogP contribution in [0.15, 0.2) is 53.8 Å². The lowest BCUT2D eigenvalue weighted by Crippen LogP contribution is -2.19. The van der Waals surface area contributed by atoms with E-state index < -0.39 is 11.4 Å². The Kier molecular flexibility index (Phi) is 5.32. The van der Waals surface area contributed by atoms with Crippen LogP contribution in [0.5, 0.6) is 0 Å². The Morgan fingerprint density at radius 2 is 2.04 bits per heavy atom. The van der Waals surface area contributed by atoms with E-state index in [1.165, 1.54) is 6.07 Å². The molecule has 0 saturated heterocycles. The highest BCUT2D eigenvalue weighted by atomic mass is 19.1. The zero-order chi connectivity index (χ0) is 20.3. The van der Waals surface area contributed by atoms with Gasteiger partial charge in [-0.1, -0.05) is 18.2 Å². The van der Waals surface area contributed by atoms with Crippen LogP contribution in [-0.2, 0) is 12.1 Å². The molecule has 0 aliphatic carbocycles. The van der Waals surface area contributed by atoms with Gasteiger partial charge in [-0.25, -0.2) is 14.9 Å². The van der Waals surface area contributed by atoms with Crippen molar-refractivity contribution in [3.63, 3.8) is 0 Å². The Bertz CT molecular complexity index is 1060. The zero-order valence-electron chi connectivity index (χ0n) is 15.6. The van der Waals surface area contributed by atoms with Gasteiger partial charge < -0.3 is 16.2 Å². The number of nitrogen functional groups attached to an aromatic ring is 1. The summed E-state index contributed by atoms with van der Waals surface area (Å²) >= 11 is 0. The standard InChI is InChI=1S/C20H21FN6O/c1-20(2,28)17-8-3-5-12(25-17)10-24-11-16(27-23)14-9-18(22)26-19-13(14)6-4-7-15(19)21/h3-9,11,23-24,28H,10H2,1-2H3,(H2,22,26)/b16-11-,27-23?. The Balaban J connectivity index is 1.89. The number of aliphatic hydroxyl groups is 1. The lowest BCUT2D eigenvalue weighted by Gasteiger charge is -2.17. The Morgan fingerprint density at radius 1 is 1.29 bits per heavy atom. The first-order valence-corrected chi connectivity index (χ1v) is 8.64. The molecule has 0 spiro atoms. The van der Waals surface area contributed by atoms with Gasteiger partial charge in [0.2, 0.25) is 0 Å². The normalized spacial score (nSPS) is 12.2. The smallest absolute Gasteiger partial charge is 0.149 e. The molecule has 0 bridgehead atoms. The van der Waals surface area contributed by atoms with Crippen LogP contribution in [0.4, 0.5) is 10.2 Å². The summed E-state index contributed by atoms with van der Waals surface area (Å²) in [6, 6.07) is 11.5. The Hall–Kier alpha value is -3.39. The summed E-state index contributed by atoms with van der Waals surface area (Å²) in [5.41, 5.74) is 14.5. The van der Waals surface area contributed by atoms with Crippen LogP contribution in [-0.4, -0.2) is 15.1 Å². The van der Waals surface area contributed by atoms with Crippen LogP contribution < -0.4 is 11.1 Å². The molecule has 2 aromatic heterocycles. The molecule has 3 aromatic rings. The van der Waals surface area contributed by atoms with Crippen molar-refractivity contribution in [2.75, 3.05) is 5.73 Å². The van der Waals surface area contributed by atoms with E-state index in [1.807, 2.05) is 12.1 Å². The topological polar surface area (TPSA) is 120 Å². The summed E-state index contributed by atoms with van der Waals surface area (Å²) in [6.07, 6.45) is 1.55. The molecule has 0 aliphatic rings. The number of halogens is 1. The van der Waals surface area contributed by atoms with Gasteiger partial charge in [0.15, 0.2) is 0 Å². The second-order valence-corrected chi connectivity index (χ2v) is 6.83. The zero-order valence-corrected chi connectivity index (χ0v) is 15.6. The summed E-state index contributed by atoms with van der Waals surface area (Å²) in [4.78, 5) is 8.45. The van der Waals surface area contributed by atoms with Crippen molar-refractivity contribution >= 4 is 22.4 Å². The maximum absolute atomic E-state index is 14.1. The minimum Gasteiger partial charge on any atom is -0.384 e. The minimum absolute atomic E-state index is 0.131. The predicted octanol–water partition coefficient (Wildman–Crippen LogP) is 3.70. The van der Waals surface area contributed by atoms with E-state index in [-0.39, 0.29) is 17.0 Å². The summed E-state index contributed by atoms with van der Waals surface area (Å²) < 4.78 is 14.1. The van der Waals surface area contributed by atoms with Crippen LogP contribution in [0.2, 0.25) is 0 Å². The van der Waals surface area contributed by atoms with Gasteiger partial charge in [0.05, 0.1) is 17.9 Å². The number of rotatable bonds is 6. The summed E-state index contributed by atoms with van der Waals surface area (Å²) in [7, 11) is 0. The lowest BCUT2D eigenvalue weighted by molar-refractivity contribution is 0.0736. The van der Waals surface area contributed by atoms with Crippen LogP contribution in [0.3, 0.4) is 0 Å². The molecule has 1 aromatic carbocycles. The SMILES string of the molecule is CC(C)(O)c1cccc(CN/C=C(\N=N)c2cc(N)nc3c(F)cccc23)n1. The number of nitrogens with two attached hydrogens (primary N) is 1. The second kappa shape index (κ2) is 7.69. The van der Waals surface area contributed by atoms with Gasteiger partial charge in [-0.05, 0) is 38.1 Å². The Labute approximate surface area is 161 Å². The molecule has 28 heavy (non-hydrogen) atoms. The van der Waals surface area contributed by atoms with Crippen LogP contribution in [0, 0.1) is 11.3 Å². The fourth-order valence-electron chi connectivity index (χ4n) is 2.79. The van der Waals surface area contributed by atoms with Gasteiger partial charge in [0, 0.05) is 17.1 Å². The average molecular weight is 380 g/mol. The molecule has 3 rings (SSSR count). The molecule has 0 unspecified atom stereocenters. The van der Waals surface area contributed by atoms with Crippen LogP contribution in [0.25, 0.3) is 16.6 Å². The molecule has 5 N–H and O–H groups in total. The molecule has 0 atom stereocenters. The van der Waals surface area contributed by atoms with Crippen molar-refractivity contribution in [2.45, 2.75) is 26.0 Å². The second-order valence-electron chi connectivity index (χ2n) is 6.83. The van der Waals surface area contributed by atoms with Crippen LogP contribution >= 0.6 is 0 Å². The number of nitrogens with zero attached hydrogens (tertiary/aromatic N) is 3. The largest absolute Gasteiger partial charge is 0.384 e. The number of nitrogens with one attached hydrogen (secondary N) is 2. The highest BCUT2D eigenvalue weighted by Gasteiger charge is 2.17. The van der Waals surface area contributed by atoms with Gasteiger partial charge in [-0.15, -0.1) is 0 Å². The van der Waals surface area contributed by atoms with Gasteiger partial charge >= 0.3 is 0 Å². The molecule has 0 amide bonds. The number of anilines is 1. The number of fused-ring (bicyclic) bond motifs is 1. The quantitative estimate of drug-likeness (QED) is 0.486. The number of aromatic nitrogens is 2. The van der Waals surface area contributed by atoms with Crippen molar-refractivity contribution in [2.24, 2.45) is 5.11 Å². The van der Waals surface area contributed by atoms with E-state index in [0.29, 0.717) is 28.9 Å². The maximum Gasteiger partial charge on any atom is 0.149 e. The third-order valence-corrected chi connectivity index (χ3v) is 4.16. The van der Waals surface area contributed by atoms with Crippen molar-refractivity contribution < 1.29 is 9.50 Å². The van der Waals surface area contributed by atoms with Gasteiger partial charge in [0.1, 0.15) is 28.4 Å². The van der Waals surface area contributed by atoms with Gasteiger partial charge in [-0.2, -0.15) is 5.11 Å². The summed E-state index contributed by atoms with van der Waals surface area (Å²) in [6.45, 7) is 3.69. The molecule has 0 aliphatic heterocycles. The third kappa shape index (κ3) is 4.12. The molecule has 144 valence electrons. The van der Waals surface area contributed by atoms with E-state index >= 15 is 0 Å². The highest BCUT2D eigenvalue weighted by molar-refractivity contribution is 5.92. The number of para-hydroxylation sites is 1. The molecule has 7 nitrogen and oxygen atoms in total. The van der Waals surface area contributed by atoms with Gasteiger partial charge in [0.25, 0.3) is 0 Å². The van der Waals surface area contributed by atoms with E-state index in [2.05, 4.69) is 20.4 Å². The lowest BCUT2D eigenvalue weighted by atomic mass is 10.0. The first-order valence-electron chi connectivity index (χ1n) is 8.64. The van der Waals surface area contributed by atoms with Crippen LogP contribution in [0.1, 0.15) is 30.8 Å². The number of pyridine rings is 2. The molecular weight excluding hydrogens is 359 g/mol. The first kappa shape index (κ1) is 19.4. The van der Waals surface area contributed by atoms with Crippen molar-refractivity contribution in [3.05, 3.63) is 71.4 Å². The number of hydrogen-bond acceptors (Lipinski definition) is 7. The highest BCUT2D eigenvalue weighted by Crippen LogP contribution is 2.28. The minimum atomic E-state index is -1.04. The molecule has 0 radical (unpaired) electrons. The fourth-order valence-corrected chi connectivity index (χ4v) is 2.79. The summed E-state index contributed by atoms with van der Waals surface area (Å²) in [5, 5.41) is 17.2. The van der Waals surface area contributed by atoms with E-state index in [9.17, 15) is 9.50 Å². The van der Waals surface area contributed by atoms with E-state index in [4.69, 9.17) is 11.3 Å². The summed E-state index contributed by atoms with van der Waals surface area (Å²) in [5.74, 6) is -0.349. The monoisotopic (exact) mass is 380 g/mol. The first-order chi connectivity index (χ1) is 13.3. The molecule has 2 heterocycles.